The van der Waals surface area contributed by atoms with Gasteiger partial charge in [0.25, 0.3) is 5.69 Å². The van der Waals surface area contributed by atoms with Gasteiger partial charge in [0, 0.05) is 45.4 Å². The van der Waals surface area contributed by atoms with Gasteiger partial charge in [-0.15, -0.1) is 0 Å². The van der Waals surface area contributed by atoms with Crippen molar-refractivity contribution in [3.8, 4) is 0 Å². The summed E-state index contributed by atoms with van der Waals surface area (Å²) in [6.07, 6.45) is -1.26. The second kappa shape index (κ2) is 11.6. The van der Waals surface area contributed by atoms with E-state index in [1.165, 1.54) is 12.1 Å². The van der Waals surface area contributed by atoms with Crippen molar-refractivity contribution in [2.75, 3.05) is 50.3 Å². The van der Waals surface area contributed by atoms with Gasteiger partial charge in [0.2, 0.25) is 0 Å². The predicted molar refractivity (Wildman–Crippen MR) is 150 cm³/mol. The van der Waals surface area contributed by atoms with E-state index in [-0.39, 0.29) is 23.8 Å². The molecule has 12 nitrogen and oxygen atoms in total. The van der Waals surface area contributed by atoms with E-state index in [9.17, 15) is 25.3 Å². The Balaban J connectivity index is 1.70. The molecule has 1 N–H and O–H groups in total. The fourth-order valence-corrected chi connectivity index (χ4v) is 5.51. The van der Waals surface area contributed by atoms with Gasteiger partial charge in [-0.3, -0.25) is 30.1 Å². The molecule has 0 aliphatic carbocycles. The highest BCUT2D eigenvalue weighted by molar-refractivity contribution is 5.67. The topological polar surface area (TPSA) is 129 Å². The van der Waals surface area contributed by atoms with Gasteiger partial charge in [-0.05, 0) is 29.3 Å². The number of non-ortho nitro benzene ring substituents is 1. The average Bonchev–Trinajstić information content (AvgIpc) is 3.30. The lowest BCUT2D eigenvalue weighted by Gasteiger charge is -2.46. The van der Waals surface area contributed by atoms with Crippen LogP contribution in [-0.4, -0.2) is 71.5 Å². The Labute approximate surface area is 231 Å². The molecule has 2 saturated heterocycles. The zero-order valence-electron chi connectivity index (χ0n) is 22.4. The van der Waals surface area contributed by atoms with Crippen LogP contribution >= 0.6 is 0 Å². The number of hydrogen-bond donors (Lipinski definition) is 1. The lowest BCUT2D eigenvalue weighted by molar-refractivity contribution is -0.393. The lowest BCUT2D eigenvalue weighted by atomic mass is 10.0. The molecular formula is C28H32N6O6. The maximum atomic E-state index is 12.2. The Morgan fingerprint density at radius 1 is 0.950 bits per heavy atom. The molecule has 3 aromatic rings. The first-order valence-corrected chi connectivity index (χ1v) is 13.1. The second-order valence-electron chi connectivity index (χ2n) is 10.1. The SMILES string of the molecule is CN(C)c1ccc(C(N2CCOCC2)N2C(c3ccccc3)CC(O)N2c2ccc([N+](=O)[O-])cc2[N+](=O)[O-])cc1. The number of aliphatic hydroxyl groups excluding tert-OH is 1. The maximum Gasteiger partial charge on any atom is 0.300 e. The average molecular weight is 549 g/mol. The van der Waals surface area contributed by atoms with Gasteiger partial charge >= 0.3 is 5.69 Å². The van der Waals surface area contributed by atoms with E-state index in [1.807, 2.05) is 78.6 Å². The Bertz CT molecular complexity index is 1350. The van der Waals surface area contributed by atoms with Crippen LogP contribution < -0.4 is 9.91 Å². The predicted octanol–water partition coefficient (Wildman–Crippen LogP) is 4.09. The summed E-state index contributed by atoms with van der Waals surface area (Å²) in [5.74, 6) is 0. The molecule has 0 spiro atoms. The number of ether oxygens (including phenoxy) is 1. The van der Waals surface area contributed by atoms with Crippen molar-refractivity contribution in [1.82, 2.24) is 9.91 Å². The number of aliphatic hydroxyl groups is 1. The van der Waals surface area contributed by atoms with Gasteiger partial charge in [0.1, 0.15) is 18.1 Å². The van der Waals surface area contributed by atoms with Gasteiger partial charge in [-0.1, -0.05) is 42.5 Å². The van der Waals surface area contributed by atoms with Crippen molar-refractivity contribution in [3.05, 3.63) is 104 Å². The maximum absolute atomic E-state index is 12.2. The molecule has 0 bridgehead atoms. The summed E-state index contributed by atoms with van der Waals surface area (Å²) in [6, 6.07) is 21.0. The second-order valence-corrected chi connectivity index (χ2v) is 10.1. The van der Waals surface area contributed by atoms with Gasteiger partial charge in [-0.25, -0.2) is 0 Å². The van der Waals surface area contributed by atoms with Gasteiger partial charge in [0.05, 0.1) is 35.2 Å². The zero-order valence-corrected chi connectivity index (χ0v) is 22.4. The van der Waals surface area contributed by atoms with Crippen molar-refractivity contribution < 1.29 is 19.7 Å². The lowest BCUT2D eigenvalue weighted by Crippen LogP contribution is -2.52. The highest BCUT2D eigenvalue weighted by Gasteiger charge is 2.47. The largest absolute Gasteiger partial charge is 0.379 e. The molecule has 12 heteroatoms. The first-order chi connectivity index (χ1) is 19.3. The van der Waals surface area contributed by atoms with E-state index in [4.69, 9.17) is 4.74 Å². The number of nitro benzene ring substituents is 2. The van der Waals surface area contributed by atoms with Crippen molar-refractivity contribution >= 4 is 22.7 Å². The normalized spacial score (nSPS) is 20.8. The van der Waals surface area contributed by atoms with Crippen LogP contribution in [0.2, 0.25) is 0 Å². The molecule has 2 heterocycles. The number of anilines is 2. The van der Waals surface area contributed by atoms with E-state index in [2.05, 4.69) is 4.90 Å². The Morgan fingerprint density at radius 3 is 2.23 bits per heavy atom. The van der Waals surface area contributed by atoms with Gasteiger partial charge in [0.15, 0.2) is 0 Å². The quantitative estimate of drug-likeness (QED) is 0.325. The third-order valence-corrected chi connectivity index (χ3v) is 7.43. The van der Waals surface area contributed by atoms with Gasteiger partial charge < -0.3 is 14.7 Å². The van der Waals surface area contributed by atoms with E-state index >= 15 is 0 Å². The molecule has 2 fully saturated rings. The van der Waals surface area contributed by atoms with Crippen molar-refractivity contribution in [2.45, 2.75) is 24.9 Å². The number of hydrogen-bond acceptors (Lipinski definition) is 10. The van der Waals surface area contributed by atoms with E-state index < -0.39 is 27.9 Å². The van der Waals surface area contributed by atoms with Crippen LogP contribution in [0.5, 0.6) is 0 Å². The standard InChI is InChI=1S/C28H32N6O6/c1-29(2)22-10-8-21(9-11-22)28(30-14-16-40-17-15-30)32-25(20-6-4-3-5-7-20)19-27(35)31(32)24-13-12-23(33(36)37)18-26(24)34(38)39/h3-13,18,25,27-28,35H,14-17,19H2,1-2H3. The Hall–Kier alpha value is -4.10. The third kappa shape index (κ3) is 5.34. The van der Waals surface area contributed by atoms with Crippen molar-refractivity contribution in [3.63, 3.8) is 0 Å². The van der Waals surface area contributed by atoms with Crippen LogP contribution in [0.3, 0.4) is 0 Å². The minimum atomic E-state index is -1.12. The van der Waals surface area contributed by atoms with Gasteiger partial charge in [-0.2, -0.15) is 5.01 Å². The minimum Gasteiger partial charge on any atom is -0.379 e. The first kappa shape index (κ1) is 27.5. The van der Waals surface area contributed by atoms with E-state index in [0.717, 1.165) is 22.9 Å². The molecule has 40 heavy (non-hydrogen) atoms. The molecule has 0 amide bonds. The summed E-state index contributed by atoms with van der Waals surface area (Å²) in [6.45, 7) is 2.28. The summed E-state index contributed by atoms with van der Waals surface area (Å²) in [5, 5.41) is 38.7. The van der Waals surface area contributed by atoms with E-state index in [0.29, 0.717) is 26.3 Å². The summed E-state index contributed by atoms with van der Waals surface area (Å²) < 4.78 is 5.65. The molecule has 210 valence electrons. The fraction of sp³-hybridized carbons (Fsp3) is 0.357. The molecule has 0 radical (unpaired) electrons. The Morgan fingerprint density at radius 2 is 1.62 bits per heavy atom. The molecule has 5 rings (SSSR count). The number of rotatable bonds is 8. The Kier molecular flexibility index (Phi) is 7.94. The monoisotopic (exact) mass is 548 g/mol. The zero-order chi connectivity index (χ0) is 28.4. The number of nitrogens with zero attached hydrogens (tertiary/aromatic N) is 6. The number of benzene rings is 3. The van der Waals surface area contributed by atoms with Crippen LogP contribution in [0.1, 0.15) is 29.8 Å². The minimum absolute atomic E-state index is 0.0877. The van der Waals surface area contributed by atoms with E-state index in [1.54, 1.807) is 5.01 Å². The third-order valence-electron chi connectivity index (χ3n) is 7.43. The summed E-state index contributed by atoms with van der Waals surface area (Å²) in [7, 11) is 3.93. The van der Waals surface area contributed by atoms with Crippen LogP contribution in [0, 0.1) is 20.2 Å². The van der Waals surface area contributed by atoms with Crippen LogP contribution in [-0.2, 0) is 4.74 Å². The van der Waals surface area contributed by atoms with Crippen LogP contribution in [0.25, 0.3) is 0 Å². The fourth-order valence-electron chi connectivity index (χ4n) is 5.51. The first-order valence-electron chi connectivity index (χ1n) is 13.1. The number of hydrazine groups is 1. The van der Waals surface area contributed by atoms with Crippen molar-refractivity contribution in [2.24, 2.45) is 0 Å². The molecular weight excluding hydrogens is 516 g/mol. The smallest absolute Gasteiger partial charge is 0.300 e. The molecule has 0 saturated carbocycles. The highest BCUT2D eigenvalue weighted by atomic mass is 16.6. The number of morpholine rings is 1. The van der Waals surface area contributed by atoms with Crippen LogP contribution in [0.4, 0.5) is 22.7 Å². The summed E-state index contributed by atoms with van der Waals surface area (Å²) in [5.41, 5.74) is 2.15. The summed E-state index contributed by atoms with van der Waals surface area (Å²) in [4.78, 5) is 26.6. The molecule has 0 aromatic heterocycles. The molecule has 2 aliphatic heterocycles. The van der Waals surface area contributed by atoms with Crippen LogP contribution in [0.15, 0.2) is 72.8 Å². The van der Waals surface area contributed by atoms with Crippen molar-refractivity contribution in [1.29, 1.82) is 0 Å². The molecule has 3 unspecified atom stereocenters. The molecule has 3 atom stereocenters. The number of nitro groups is 2. The summed E-state index contributed by atoms with van der Waals surface area (Å²) >= 11 is 0. The highest BCUT2D eigenvalue weighted by Crippen LogP contribution is 2.48. The molecule has 3 aromatic carbocycles. The molecule has 2 aliphatic rings.